The first-order valence-electron chi connectivity index (χ1n) is 5.68. The maximum atomic E-state index is 12.0. The van der Waals surface area contributed by atoms with Gasteiger partial charge in [0.05, 0.1) is 16.5 Å². The monoisotopic (exact) mass is 239 g/mol. The lowest BCUT2D eigenvalue weighted by atomic mass is 10.1. The van der Waals surface area contributed by atoms with Gasteiger partial charge in [0.2, 0.25) is 0 Å². The van der Waals surface area contributed by atoms with Crippen LogP contribution in [0.4, 0.5) is 0 Å². The molecule has 1 N–H and O–H groups in total. The Labute approximate surface area is 98.3 Å². The fraction of sp³-hybridized carbons (Fsp3) is 0.636. The molecule has 0 aliphatic carbocycles. The van der Waals surface area contributed by atoms with Crippen LogP contribution in [0.25, 0.3) is 0 Å². The van der Waals surface area contributed by atoms with Crippen molar-refractivity contribution in [3.05, 3.63) is 17.8 Å². The molecule has 5 heteroatoms. The second kappa shape index (κ2) is 5.50. The number of piperidine rings is 1. The van der Waals surface area contributed by atoms with E-state index in [1.165, 1.54) is 12.8 Å². The number of aromatic nitrogens is 2. The van der Waals surface area contributed by atoms with Crippen molar-refractivity contribution in [1.29, 1.82) is 0 Å². The standard InChI is InChI=1S/C11H17N3OS/c1-9-5-6-11(14-13-9)16(15)8-10-4-2-3-7-12-10/h5-6,10,12H,2-4,7-8H2,1H3/t10-,16-/m0/s1. The first-order valence-corrected chi connectivity index (χ1v) is 7.00. The van der Waals surface area contributed by atoms with E-state index < -0.39 is 10.8 Å². The van der Waals surface area contributed by atoms with Crippen molar-refractivity contribution in [1.82, 2.24) is 15.5 Å². The van der Waals surface area contributed by atoms with E-state index in [1.54, 1.807) is 6.07 Å². The van der Waals surface area contributed by atoms with Gasteiger partial charge in [0.25, 0.3) is 0 Å². The molecule has 1 aromatic rings. The van der Waals surface area contributed by atoms with Gasteiger partial charge in [-0.2, -0.15) is 5.10 Å². The third-order valence-electron chi connectivity index (χ3n) is 2.77. The van der Waals surface area contributed by atoms with Crippen LogP contribution < -0.4 is 5.32 Å². The predicted molar refractivity (Wildman–Crippen MR) is 63.7 cm³/mol. The minimum Gasteiger partial charge on any atom is -0.313 e. The molecule has 16 heavy (non-hydrogen) atoms. The van der Waals surface area contributed by atoms with E-state index >= 15 is 0 Å². The van der Waals surface area contributed by atoms with E-state index in [1.807, 2.05) is 13.0 Å². The van der Waals surface area contributed by atoms with Crippen molar-refractivity contribution < 1.29 is 4.21 Å². The number of hydrogen-bond acceptors (Lipinski definition) is 4. The summed E-state index contributed by atoms with van der Waals surface area (Å²) in [5.41, 5.74) is 0.858. The molecule has 1 aliphatic heterocycles. The summed E-state index contributed by atoms with van der Waals surface area (Å²) in [5.74, 6) is 0.651. The first-order chi connectivity index (χ1) is 7.75. The Kier molecular flexibility index (Phi) is 4.01. The topological polar surface area (TPSA) is 54.9 Å². The van der Waals surface area contributed by atoms with Crippen LogP contribution in [-0.2, 0) is 10.8 Å². The molecule has 1 saturated heterocycles. The molecule has 0 spiro atoms. The highest BCUT2D eigenvalue weighted by atomic mass is 32.2. The third-order valence-corrected chi connectivity index (χ3v) is 4.16. The van der Waals surface area contributed by atoms with Crippen molar-refractivity contribution in [2.45, 2.75) is 37.3 Å². The van der Waals surface area contributed by atoms with E-state index in [2.05, 4.69) is 15.5 Å². The van der Waals surface area contributed by atoms with Crippen LogP contribution in [0.1, 0.15) is 25.0 Å². The average Bonchev–Trinajstić information content (AvgIpc) is 2.31. The van der Waals surface area contributed by atoms with Gasteiger partial charge in [0.1, 0.15) is 5.03 Å². The van der Waals surface area contributed by atoms with Crippen LogP contribution in [0.5, 0.6) is 0 Å². The smallest absolute Gasteiger partial charge is 0.149 e. The minimum atomic E-state index is -1.03. The summed E-state index contributed by atoms with van der Waals surface area (Å²) in [4.78, 5) is 0. The van der Waals surface area contributed by atoms with Gasteiger partial charge in [-0.05, 0) is 38.4 Å². The Morgan fingerprint density at radius 2 is 2.31 bits per heavy atom. The Bertz CT molecular complexity index is 360. The molecule has 0 unspecified atom stereocenters. The van der Waals surface area contributed by atoms with Gasteiger partial charge in [-0.3, -0.25) is 4.21 Å². The van der Waals surface area contributed by atoms with Crippen LogP contribution >= 0.6 is 0 Å². The second-order valence-corrected chi connectivity index (χ2v) is 5.61. The lowest BCUT2D eigenvalue weighted by Crippen LogP contribution is -2.38. The SMILES string of the molecule is Cc1ccc([S@@](=O)C[C@@H]2CCCCN2)nn1. The second-order valence-electron chi connectivity index (χ2n) is 4.17. The van der Waals surface area contributed by atoms with Gasteiger partial charge in [0.15, 0.2) is 0 Å². The van der Waals surface area contributed by atoms with Gasteiger partial charge < -0.3 is 5.32 Å². The maximum absolute atomic E-state index is 12.0. The molecule has 1 fully saturated rings. The first kappa shape index (κ1) is 11.7. The van der Waals surface area contributed by atoms with Gasteiger partial charge >= 0.3 is 0 Å². The zero-order valence-electron chi connectivity index (χ0n) is 9.48. The predicted octanol–water partition coefficient (Wildman–Crippen LogP) is 1.03. The number of aryl methyl sites for hydroxylation is 1. The summed E-state index contributed by atoms with van der Waals surface area (Å²) in [7, 11) is -1.03. The van der Waals surface area contributed by atoms with E-state index in [4.69, 9.17) is 0 Å². The van der Waals surface area contributed by atoms with Crippen molar-refractivity contribution in [2.24, 2.45) is 0 Å². The normalized spacial score (nSPS) is 22.9. The number of rotatable bonds is 3. The molecule has 1 aromatic heterocycles. The Hall–Kier alpha value is -0.810. The van der Waals surface area contributed by atoms with E-state index in [0.717, 1.165) is 18.7 Å². The Morgan fingerprint density at radius 1 is 1.44 bits per heavy atom. The summed E-state index contributed by atoms with van der Waals surface area (Å²) in [6.45, 7) is 2.92. The highest BCUT2D eigenvalue weighted by molar-refractivity contribution is 7.85. The minimum absolute atomic E-state index is 0.373. The Balaban J connectivity index is 1.94. The third kappa shape index (κ3) is 3.09. The molecule has 0 radical (unpaired) electrons. The van der Waals surface area contributed by atoms with E-state index in [-0.39, 0.29) is 0 Å². The zero-order chi connectivity index (χ0) is 11.4. The molecular weight excluding hydrogens is 222 g/mol. The van der Waals surface area contributed by atoms with Crippen LogP contribution in [0, 0.1) is 6.92 Å². The zero-order valence-corrected chi connectivity index (χ0v) is 10.3. The summed E-state index contributed by atoms with van der Waals surface area (Å²) < 4.78 is 12.0. The molecule has 0 aromatic carbocycles. The largest absolute Gasteiger partial charge is 0.313 e. The lowest BCUT2D eigenvalue weighted by Gasteiger charge is -2.22. The van der Waals surface area contributed by atoms with Gasteiger partial charge in [-0.15, -0.1) is 5.10 Å². The Morgan fingerprint density at radius 3 is 2.94 bits per heavy atom. The fourth-order valence-electron chi connectivity index (χ4n) is 1.84. The summed E-state index contributed by atoms with van der Waals surface area (Å²) >= 11 is 0. The lowest BCUT2D eigenvalue weighted by molar-refractivity contribution is 0.427. The van der Waals surface area contributed by atoms with Crippen molar-refractivity contribution in [3.8, 4) is 0 Å². The van der Waals surface area contributed by atoms with E-state index in [9.17, 15) is 4.21 Å². The summed E-state index contributed by atoms with van der Waals surface area (Å²) in [6, 6.07) is 4.04. The van der Waals surface area contributed by atoms with Crippen LogP contribution in [-0.4, -0.2) is 32.7 Å². The molecule has 4 nitrogen and oxygen atoms in total. The van der Waals surface area contributed by atoms with Crippen LogP contribution in [0.2, 0.25) is 0 Å². The summed E-state index contributed by atoms with van der Waals surface area (Å²) in [5, 5.41) is 11.9. The maximum Gasteiger partial charge on any atom is 0.149 e. The molecular formula is C11H17N3OS. The molecule has 1 aliphatic rings. The highest BCUT2D eigenvalue weighted by Gasteiger charge is 2.17. The van der Waals surface area contributed by atoms with Crippen molar-refractivity contribution in [3.63, 3.8) is 0 Å². The average molecular weight is 239 g/mol. The molecule has 0 bridgehead atoms. The summed E-state index contributed by atoms with van der Waals surface area (Å²) in [6.07, 6.45) is 3.58. The molecule has 2 heterocycles. The van der Waals surface area contributed by atoms with Crippen molar-refractivity contribution in [2.75, 3.05) is 12.3 Å². The van der Waals surface area contributed by atoms with Crippen molar-refractivity contribution >= 4 is 10.8 Å². The van der Waals surface area contributed by atoms with Gasteiger partial charge in [-0.25, -0.2) is 0 Å². The van der Waals surface area contributed by atoms with Gasteiger partial charge in [-0.1, -0.05) is 6.42 Å². The molecule has 0 amide bonds. The molecule has 2 rings (SSSR count). The van der Waals surface area contributed by atoms with Crippen LogP contribution in [0.3, 0.4) is 0 Å². The molecule has 0 saturated carbocycles. The fourth-order valence-corrected chi connectivity index (χ4v) is 3.01. The van der Waals surface area contributed by atoms with E-state index in [0.29, 0.717) is 16.8 Å². The number of nitrogens with one attached hydrogen (secondary N) is 1. The quantitative estimate of drug-likeness (QED) is 0.856. The number of nitrogens with zero attached hydrogens (tertiary/aromatic N) is 2. The van der Waals surface area contributed by atoms with Gasteiger partial charge in [0, 0.05) is 11.8 Å². The van der Waals surface area contributed by atoms with Crippen LogP contribution in [0.15, 0.2) is 17.2 Å². The number of hydrogen-bond donors (Lipinski definition) is 1. The molecule has 2 atom stereocenters. The highest BCUT2D eigenvalue weighted by Crippen LogP contribution is 2.11. The molecule has 88 valence electrons.